The van der Waals surface area contributed by atoms with Crippen LogP contribution in [0, 0.1) is 0 Å². The van der Waals surface area contributed by atoms with Gasteiger partial charge in [-0.15, -0.1) is 0 Å². The highest BCUT2D eigenvalue weighted by Crippen LogP contribution is 2.29. The van der Waals surface area contributed by atoms with Gasteiger partial charge in [-0.05, 0) is 29.3 Å². The van der Waals surface area contributed by atoms with Crippen LogP contribution in [0.25, 0.3) is 0 Å². The lowest BCUT2D eigenvalue weighted by atomic mass is 10.0. The Hall–Kier alpha value is -2.54. The smallest absolute Gasteiger partial charge is 0.416 e. The molecule has 2 N–H and O–H groups in total. The van der Waals surface area contributed by atoms with Crippen molar-refractivity contribution in [1.82, 2.24) is 5.32 Å². The van der Waals surface area contributed by atoms with E-state index < -0.39 is 29.7 Å². The standard InChI is InChI=1S/C18H15ClF3NO3/c19-14-4-2-1-3-12(14)10-15(17(25)26)23-16(24)9-11-5-7-13(8-6-11)18(20,21)22/h1-8,15H,9-10H2,(H,23,24)(H,25,26)/t15-/m1/s1. The topological polar surface area (TPSA) is 66.4 Å². The van der Waals surface area contributed by atoms with Gasteiger partial charge in [-0.1, -0.05) is 41.9 Å². The first-order valence-corrected chi connectivity index (χ1v) is 7.96. The quantitative estimate of drug-likeness (QED) is 0.796. The predicted molar refractivity (Wildman–Crippen MR) is 89.9 cm³/mol. The highest BCUT2D eigenvalue weighted by atomic mass is 35.5. The lowest BCUT2D eigenvalue weighted by molar-refractivity contribution is -0.141. The average Bonchev–Trinajstić information content (AvgIpc) is 2.55. The van der Waals surface area contributed by atoms with E-state index in [2.05, 4.69) is 5.32 Å². The van der Waals surface area contributed by atoms with Gasteiger partial charge in [0.25, 0.3) is 0 Å². The molecule has 1 atom stereocenters. The van der Waals surface area contributed by atoms with Crippen molar-refractivity contribution in [1.29, 1.82) is 0 Å². The second kappa shape index (κ2) is 8.23. The number of hydrogen-bond acceptors (Lipinski definition) is 2. The van der Waals surface area contributed by atoms with E-state index in [9.17, 15) is 27.9 Å². The third kappa shape index (κ3) is 5.49. The molecule has 8 heteroatoms. The molecule has 138 valence electrons. The minimum Gasteiger partial charge on any atom is -0.480 e. The largest absolute Gasteiger partial charge is 0.480 e. The molecule has 2 rings (SSSR count). The van der Waals surface area contributed by atoms with E-state index in [1.165, 1.54) is 12.1 Å². The van der Waals surface area contributed by atoms with Gasteiger partial charge in [0.2, 0.25) is 5.91 Å². The lowest BCUT2D eigenvalue weighted by Crippen LogP contribution is -2.43. The zero-order chi connectivity index (χ0) is 19.3. The maximum atomic E-state index is 12.5. The zero-order valence-electron chi connectivity index (χ0n) is 13.4. The van der Waals surface area contributed by atoms with Gasteiger partial charge in [-0.2, -0.15) is 13.2 Å². The summed E-state index contributed by atoms with van der Waals surface area (Å²) < 4.78 is 37.6. The second-order valence-electron chi connectivity index (χ2n) is 5.63. The Labute approximate surface area is 152 Å². The molecular formula is C18H15ClF3NO3. The molecule has 0 radical (unpaired) electrons. The van der Waals surface area contributed by atoms with Crippen molar-refractivity contribution in [3.63, 3.8) is 0 Å². The Kier molecular flexibility index (Phi) is 6.26. The van der Waals surface area contributed by atoms with E-state index in [1.807, 2.05) is 0 Å². The summed E-state index contributed by atoms with van der Waals surface area (Å²) in [5.41, 5.74) is 0.0950. The Bertz CT molecular complexity index is 791. The number of nitrogens with one attached hydrogen (secondary N) is 1. The Balaban J connectivity index is 2.02. The summed E-state index contributed by atoms with van der Waals surface area (Å²) in [6, 6.07) is 9.59. The second-order valence-corrected chi connectivity index (χ2v) is 6.03. The number of amides is 1. The van der Waals surface area contributed by atoms with Crippen molar-refractivity contribution in [3.8, 4) is 0 Å². The van der Waals surface area contributed by atoms with Gasteiger partial charge in [0, 0.05) is 11.4 Å². The lowest BCUT2D eigenvalue weighted by Gasteiger charge is -2.15. The van der Waals surface area contributed by atoms with Crippen LogP contribution in [0.4, 0.5) is 13.2 Å². The van der Waals surface area contributed by atoms with Gasteiger partial charge >= 0.3 is 12.1 Å². The van der Waals surface area contributed by atoms with E-state index >= 15 is 0 Å². The number of aliphatic carboxylic acids is 1. The van der Waals surface area contributed by atoms with E-state index in [-0.39, 0.29) is 12.8 Å². The maximum Gasteiger partial charge on any atom is 0.416 e. The number of benzene rings is 2. The molecule has 0 aliphatic heterocycles. The molecule has 0 spiro atoms. The molecule has 0 heterocycles. The van der Waals surface area contributed by atoms with Gasteiger partial charge in [-0.3, -0.25) is 4.79 Å². The van der Waals surface area contributed by atoms with Crippen molar-refractivity contribution in [2.45, 2.75) is 25.1 Å². The third-order valence-corrected chi connectivity index (χ3v) is 4.03. The summed E-state index contributed by atoms with van der Waals surface area (Å²) in [4.78, 5) is 23.4. The molecule has 0 fully saturated rings. The Morgan fingerprint density at radius 1 is 1.08 bits per heavy atom. The highest BCUT2D eigenvalue weighted by molar-refractivity contribution is 6.31. The van der Waals surface area contributed by atoms with Gasteiger partial charge in [0.15, 0.2) is 0 Å². The monoisotopic (exact) mass is 385 g/mol. The van der Waals surface area contributed by atoms with Crippen molar-refractivity contribution < 1.29 is 27.9 Å². The van der Waals surface area contributed by atoms with Crippen molar-refractivity contribution in [2.24, 2.45) is 0 Å². The van der Waals surface area contributed by atoms with Crippen molar-refractivity contribution in [2.75, 3.05) is 0 Å². The van der Waals surface area contributed by atoms with Crippen LogP contribution in [0.5, 0.6) is 0 Å². The molecule has 0 saturated carbocycles. The molecule has 0 aromatic heterocycles. The molecular weight excluding hydrogens is 371 g/mol. The van der Waals surface area contributed by atoms with Crippen LogP contribution in [0.2, 0.25) is 5.02 Å². The molecule has 26 heavy (non-hydrogen) atoms. The third-order valence-electron chi connectivity index (χ3n) is 3.66. The van der Waals surface area contributed by atoms with Crippen LogP contribution >= 0.6 is 11.6 Å². The predicted octanol–water partition coefficient (Wildman–Crippen LogP) is 3.71. The van der Waals surface area contributed by atoms with E-state index in [4.69, 9.17) is 11.6 Å². The zero-order valence-corrected chi connectivity index (χ0v) is 14.1. The number of carboxylic acid groups (broad SMARTS) is 1. The first kappa shape index (κ1) is 19.8. The maximum absolute atomic E-state index is 12.5. The summed E-state index contributed by atoms with van der Waals surface area (Å²) in [6.07, 6.45) is -4.69. The van der Waals surface area contributed by atoms with E-state index in [0.29, 0.717) is 16.1 Å². The fourth-order valence-corrected chi connectivity index (χ4v) is 2.54. The Morgan fingerprint density at radius 2 is 1.69 bits per heavy atom. The number of hydrogen-bond donors (Lipinski definition) is 2. The number of rotatable bonds is 6. The molecule has 2 aromatic rings. The first-order chi connectivity index (χ1) is 12.2. The van der Waals surface area contributed by atoms with Crippen molar-refractivity contribution >= 4 is 23.5 Å². The normalized spacial score (nSPS) is 12.5. The minimum absolute atomic E-state index is 0.00619. The SMILES string of the molecule is O=C(Cc1ccc(C(F)(F)F)cc1)N[C@H](Cc1ccccc1Cl)C(=O)O. The molecule has 0 unspecified atom stereocenters. The Morgan fingerprint density at radius 3 is 2.23 bits per heavy atom. The van der Waals surface area contributed by atoms with Crippen LogP contribution in [0.3, 0.4) is 0 Å². The first-order valence-electron chi connectivity index (χ1n) is 7.58. The summed E-state index contributed by atoms with van der Waals surface area (Å²) in [5.74, 6) is -1.84. The molecule has 4 nitrogen and oxygen atoms in total. The average molecular weight is 386 g/mol. The van der Waals surface area contributed by atoms with Gasteiger partial charge in [0.05, 0.1) is 12.0 Å². The van der Waals surface area contributed by atoms with E-state index in [0.717, 1.165) is 12.1 Å². The van der Waals surface area contributed by atoms with Gasteiger partial charge in [0.1, 0.15) is 6.04 Å². The van der Waals surface area contributed by atoms with Gasteiger partial charge in [-0.25, -0.2) is 4.79 Å². The summed E-state index contributed by atoms with van der Waals surface area (Å²) >= 11 is 5.99. The molecule has 0 saturated heterocycles. The van der Waals surface area contributed by atoms with Gasteiger partial charge < -0.3 is 10.4 Å². The number of halogens is 4. The summed E-state index contributed by atoms with van der Waals surface area (Å²) in [7, 11) is 0. The minimum atomic E-state index is -4.45. The summed E-state index contributed by atoms with van der Waals surface area (Å²) in [6.45, 7) is 0. The van der Waals surface area contributed by atoms with Crippen molar-refractivity contribution in [3.05, 3.63) is 70.2 Å². The number of carbonyl (C=O) groups excluding carboxylic acids is 1. The molecule has 0 bridgehead atoms. The van der Waals surface area contributed by atoms with Crippen LogP contribution in [0.1, 0.15) is 16.7 Å². The molecule has 1 amide bonds. The van der Waals surface area contributed by atoms with Crippen LogP contribution in [-0.4, -0.2) is 23.0 Å². The molecule has 2 aromatic carbocycles. The fraction of sp³-hybridized carbons (Fsp3) is 0.222. The summed E-state index contributed by atoms with van der Waals surface area (Å²) in [5, 5.41) is 12.0. The number of carbonyl (C=O) groups is 2. The van der Waals surface area contributed by atoms with Crippen LogP contribution in [0.15, 0.2) is 48.5 Å². The van der Waals surface area contributed by atoms with Crippen LogP contribution in [-0.2, 0) is 28.6 Å². The highest BCUT2D eigenvalue weighted by Gasteiger charge is 2.30. The number of alkyl halides is 3. The molecule has 0 aliphatic rings. The fourth-order valence-electron chi connectivity index (χ4n) is 2.33. The van der Waals surface area contributed by atoms with Crippen LogP contribution < -0.4 is 5.32 Å². The van der Waals surface area contributed by atoms with E-state index in [1.54, 1.807) is 24.3 Å². The molecule has 0 aliphatic carbocycles. The number of carboxylic acids is 1.